The van der Waals surface area contributed by atoms with E-state index in [0.29, 0.717) is 12.1 Å². The van der Waals surface area contributed by atoms with E-state index < -0.39 is 0 Å². The summed E-state index contributed by atoms with van der Waals surface area (Å²) in [6.07, 6.45) is 8.72. The summed E-state index contributed by atoms with van der Waals surface area (Å²) < 4.78 is 5.73. The molecule has 1 atom stereocenters. The fourth-order valence-corrected chi connectivity index (χ4v) is 4.01. The minimum Gasteiger partial charge on any atom is -0.493 e. The largest absolute Gasteiger partial charge is 0.493 e. The lowest BCUT2D eigenvalue weighted by atomic mass is 9.92. The van der Waals surface area contributed by atoms with E-state index in [0.717, 1.165) is 24.0 Å². The van der Waals surface area contributed by atoms with Gasteiger partial charge in [-0.3, -0.25) is 0 Å². The van der Waals surface area contributed by atoms with E-state index in [9.17, 15) is 0 Å². The zero-order chi connectivity index (χ0) is 13.1. The van der Waals surface area contributed by atoms with Crippen LogP contribution in [-0.4, -0.2) is 24.2 Å². The Kier molecular flexibility index (Phi) is 4.34. The van der Waals surface area contributed by atoms with E-state index in [2.05, 4.69) is 35.8 Å². The van der Waals surface area contributed by atoms with Crippen LogP contribution in [-0.2, 0) is 0 Å². The van der Waals surface area contributed by atoms with Gasteiger partial charge in [-0.2, -0.15) is 11.8 Å². The fourth-order valence-electron chi connectivity index (χ4n) is 3.26. The van der Waals surface area contributed by atoms with Crippen LogP contribution in [0.5, 0.6) is 5.75 Å². The van der Waals surface area contributed by atoms with Gasteiger partial charge in [-0.05, 0) is 38.0 Å². The molecule has 104 valence electrons. The minimum atomic E-state index is 0.487. The van der Waals surface area contributed by atoms with Gasteiger partial charge in [0.15, 0.2) is 0 Å². The average Bonchev–Trinajstić information content (AvgIpc) is 2.48. The maximum Gasteiger partial charge on any atom is 0.124 e. The number of hydrogen-bond acceptors (Lipinski definition) is 3. The molecule has 0 aromatic heterocycles. The summed E-state index contributed by atoms with van der Waals surface area (Å²) in [6, 6.07) is 9.66. The maximum absolute atomic E-state index is 5.73. The van der Waals surface area contributed by atoms with Crippen LogP contribution in [0, 0.1) is 0 Å². The molecule has 1 saturated carbocycles. The minimum absolute atomic E-state index is 0.487. The normalized spacial score (nSPS) is 30.5. The SMILES string of the molecule is CSC1CCC(NC2CCOc3ccccc32)CC1. The third-order valence-electron chi connectivity index (χ3n) is 4.40. The number of benzene rings is 1. The molecule has 0 radical (unpaired) electrons. The van der Waals surface area contributed by atoms with Crippen LogP contribution in [0.3, 0.4) is 0 Å². The average molecular weight is 277 g/mol. The lowest BCUT2D eigenvalue weighted by Crippen LogP contribution is -2.38. The summed E-state index contributed by atoms with van der Waals surface area (Å²) >= 11 is 2.03. The van der Waals surface area contributed by atoms with Gasteiger partial charge in [-0.1, -0.05) is 18.2 Å². The van der Waals surface area contributed by atoms with E-state index >= 15 is 0 Å². The highest BCUT2D eigenvalue weighted by Gasteiger charge is 2.26. The van der Waals surface area contributed by atoms with Crippen LogP contribution < -0.4 is 10.1 Å². The molecule has 1 aromatic rings. The van der Waals surface area contributed by atoms with Gasteiger partial charge < -0.3 is 10.1 Å². The molecule has 0 spiro atoms. The summed E-state index contributed by atoms with van der Waals surface area (Å²) in [4.78, 5) is 0. The first-order valence-electron chi connectivity index (χ1n) is 7.37. The van der Waals surface area contributed by atoms with E-state index in [-0.39, 0.29) is 0 Å². The summed E-state index contributed by atoms with van der Waals surface area (Å²) in [5.41, 5.74) is 1.35. The van der Waals surface area contributed by atoms with E-state index in [1.807, 2.05) is 11.8 Å². The molecule has 1 aliphatic carbocycles. The molecule has 0 saturated heterocycles. The number of ether oxygens (including phenoxy) is 1. The van der Waals surface area contributed by atoms with Crippen molar-refractivity contribution < 1.29 is 4.74 Å². The Morgan fingerprint density at radius 2 is 1.89 bits per heavy atom. The molecular weight excluding hydrogens is 254 g/mol. The Morgan fingerprint density at radius 3 is 2.68 bits per heavy atom. The molecule has 19 heavy (non-hydrogen) atoms. The molecule has 2 aliphatic rings. The Hall–Kier alpha value is -0.670. The highest BCUT2D eigenvalue weighted by atomic mass is 32.2. The van der Waals surface area contributed by atoms with Crippen LogP contribution in [0.4, 0.5) is 0 Å². The molecule has 0 bridgehead atoms. The van der Waals surface area contributed by atoms with Gasteiger partial charge >= 0.3 is 0 Å². The lowest BCUT2D eigenvalue weighted by molar-refractivity contribution is 0.233. The molecule has 1 aromatic carbocycles. The van der Waals surface area contributed by atoms with Gasteiger partial charge in [0.25, 0.3) is 0 Å². The maximum atomic E-state index is 5.73. The van der Waals surface area contributed by atoms with E-state index in [1.54, 1.807) is 0 Å². The van der Waals surface area contributed by atoms with E-state index in [4.69, 9.17) is 4.74 Å². The first kappa shape index (κ1) is 13.3. The lowest BCUT2D eigenvalue weighted by Gasteiger charge is -2.34. The highest BCUT2D eigenvalue weighted by molar-refractivity contribution is 7.99. The van der Waals surface area contributed by atoms with Gasteiger partial charge in [0, 0.05) is 29.3 Å². The van der Waals surface area contributed by atoms with Crippen molar-refractivity contribution in [2.75, 3.05) is 12.9 Å². The number of thioether (sulfide) groups is 1. The Labute approximate surface area is 120 Å². The van der Waals surface area contributed by atoms with Gasteiger partial charge in [0.1, 0.15) is 5.75 Å². The monoisotopic (exact) mass is 277 g/mol. The third-order valence-corrected chi connectivity index (χ3v) is 5.54. The van der Waals surface area contributed by atoms with Crippen LogP contribution in [0.25, 0.3) is 0 Å². The molecule has 2 nitrogen and oxygen atoms in total. The van der Waals surface area contributed by atoms with Crippen molar-refractivity contribution in [2.45, 2.75) is 49.4 Å². The molecule has 1 N–H and O–H groups in total. The second-order valence-corrected chi connectivity index (χ2v) is 6.74. The standard InChI is InChI=1S/C16H23NOS/c1-19-13-8-6-12(7-9-13)17-15-10-11-18-16-5-3-2-4-14(15)16/h2-5,12-13,15,17H,6-11H2,1H3. The zero-order valence-electron chi connectivity index (χ0n) is 11.6. The van der Waals surface area contributed by atoms with E-state index in [1.165, 1.54) is 31.2 Å². The van der Waals surface area contributed by atoms with Crippen molar-refractivity contribution in [1.29, 1.82) is 0 Å². The Morgan fingerprint density at radius 1 is 1.11 bits per heavy atom. The molecule has 1 aliphatic heterocycles. The molecular formula is C16H23NOS. The number of para-hydroxylation sites is 1. The topological polar surface area (TPSA) is 21.3 Å². The van der Waals surface area contributed by atoms with Crippen LogP contribution in [0.2, 0.25) is 0 Å². The molecule has 1 fully saturated rings. The molecule has 3 heteroatoms. The summed E-state index contributed by atoms with van der Waals surface area (Å²) in [6.45, 7) is 0.842. The predicted molar refractivity (Wildman–Crippen MR) is 82.0 cm³/mol. The Balaban J connectivity index is 1.62. The number of hydrogen-bond donors (Lipinski definition) is 1. The van der Waals surface area contributed by atoms with Gasteiger partial charge in [-0.25, -0.2) is 0 Å². The quantitative estimate of drug-likeness (QED) is 0.908. The number of nitrogens with one attached hydrogen (secondary N) is 1. The number of rotatable bonds is 3. The first-order valence-corrected chi connectivity index (χ1v) is 8.66. The van der Waals surface area contributed by atoms with Gasteiger partial charge in [0.05, 0.1) is 6.61 Å². The predicted octanol–water partition coefficient (Wildman–Crippen LogP) is 3.77. The second kappa shape index (κ2) is 6.19. The van der Waals surface area contributed by atoms with Crippen LogP contribution >= 0.6 is 11.8 Å². The van der Waals surface area contributed by atoms with Crippen molar-refractivity contribution in [3.8, 4) is 5.75 Å². The molecule has 3 rings (SSSR count). The fraction of sp³-hybridized carbons (Fsp3) is 0.625. The van der Waals surface area contributed by atoms with Gasteiger partial charge in [-0.15, -0.1) is 0 Å². The molecule has 0 amide bonds. The van der Waals surface area contributed by atoms with Crippen LogP contribution in [0.1, 0.15) is 43.7 Å². The molecule has 1 unspecified atom stereocenters. The van der Waals surface area contributed by atoms with Crippen molar-refractivity contribution in [3.05, 3.63) is 29.8 Å². The zero-order valence-corrected chi connectivity index (χ0v) is 12.4. The highest BCUT2D eigenvalue weighted by Crippen LogP contribution is 2.34. The van der Waals surface area contributed by atoms with Gasteiger partial charge in [0.2, 0.25) is 0 Å². The van der Waals surface area contributed by atoms with Crippen molar-refractivity contribution in [2.24, 2.45) is 0 Å². The Bertz CT molecular complexity index is 415. The first-order chi connectivity index (χ1) is 9.36. The smallest absolute Gasteiger partial charge is 0.124 e. The number of fused-ring (bicyclic) bond motifs is 1. The summed E-state index contributed by atoms with van der Waals surface area (Å²) in [7, 11) is 0. The summed E-state index contributed by atoms with van der Waals surface area (Å²) in [5.74, 6) is 1.07. The molecule has 1 heterocycles. The van der Waals surface area contributed by atoms with Crippen LogP contribution in [0.15, 0.2) is 24.3 Å². The summed E-state index contributed by atoms with van der Waals surface area (Å²) in [5, 5.41) is 4.76. The third kappa shape index (κ3) is 3.09. The van der Waals surface area contributed by atoms with Crippen molar-refractivity contribution in [3.63, 3.8) is 0 Å². The second-order valence-electron chi connectivity index (χ2n) is 5.60. The van der Waals surface area contributed by atoms with Crippen molar-refractivity contribution >= 4 is 11.8 Å². The van der Waals surface area contributed by atoms with Crippen molar-refractivity contribution in [1.82, 2.24) is 5.32 Å².